The molecule has 214 valence electrons. The normalized spacial score (nSPS) is 10.5. The van der Waals surface area contributed by atoms with Gasteiger partial charge in [-0.3, -0.25) is 0 Å². The molecule has 0 saturated carbocycles. The van der Waals surface area contributed by atoms with Crippen LogP contribution in [-0.4, -0.2) is 25.0 Å². The molecule has 0 N–H and O–H groups in total. The lowest BCUT2D eigenvalue weighted by molar-refractivity contribution is 0.266. The fourth-order valence-corrected chi connectivity index (χ4v) is 4.35. The average molecular weight is 557 g/mol. The largest absolute Gasteiger partial charge is 0.494 e. The van der Waals surface area contributed by atoms with Gasteiger partial charge in [-0.15, -0.1) is 0 Å². The van der Waals surface area contributed by atoms with Gasteiger partial charge in [0, 0.05) is 11.1 Å². The van der Waals surface area contributed by atoms with E-state index in [9.17, 15) is 0 Å². The van der Waals surface area contributed by atoms with Crippen molar-refractivity contribution in [2.24, 2.45) is 21.8 Å². The molecule has 0 bridgehead atoms. The van der Waals surface area contributed by atoms with Crippen LogP contribution in [0.2, 0.25) is 0 Å². The van der Waals surface area contributed by atoms with E-state index in [1.165, 1.54) is 0 Å². The van der Waals surface area contributed by atoms with E-state index in [1.807, 2.05) is 84.9 Å². The zero-order valence-electron chi connectivity index (χ0n) is 25.1. The Bertz CT molecular complexity index is 1390. The number of hydrogen-bond acceptors (Lipinski definition) is 4. The second-order valence-corrected chi connectivity index (χ2v) is 10.7. The molecule has 4 rings (SSSR count). The van der Waals surface area contributed by atoms with Gasteiger partial charge in [0.15, 0.2) is 0 Å². The summed E-state index contributed by atoms with van der Waals surface area (Å²) in [6, 6.07) is 36.2. The van der Waals surface area contributed by atoms with Crippen LogP contribution in [0.3, 0.4) is 0 Å². The summed E-state index contributed by atoms with van der Waals surface area (Å²) < 4.78 is 11.9. The number of nitrogens with zero attached hydrogens (tertiary/aromatic N) is 2. The minimum Gasteiger partial charge on any atom is -0.494 e. The van der Waals surface area contributed by atoms with E-state index in [2.05, 4.69) is 73.7 Å². The highest BCUT2D eigenvalue weighted by atomic mass is 16.5. The smallest absolute Gasteiger partial charge is 0.119 e. The van der Waals surface area contributed by atoms with Gasteiger partial charge in [0.1, 0.15) is 11.5 Å². The first kappa shape index (κ1) is 30.3. The quantitative estimate of drug-likeness (QED) is 0.121. The zero-order chi connectivity index (χ0) is 29.6. The Balaban J connectivity index is 1.23. The maximum atomic E-state index is 5.97. The molecule has 0 unspecified atom stereocenters. The van der Waals surface area contributed by atoms with Gasteiger partial charge in [0.2, 0.25) is 0 Å². The van der Waals surface area contributed by atoms with Crippen molar-refractivity contribution < 1.29 is 9.47 Å². The van der Waals surface area contributed by atoms with E-state index in [0.717, 1.165) is 58.0 Å². The lowest BCUT2D eigenvalue weighted by atomic mass is 9.97. The van der Waals surface area contributed by atoms with Gasteiger partial charge in [-0.1, -0.05) is 88.4 Å². The summed E-state index contributed by atoms with van der Waals surface area (Å²) in [5, 5.41) is 0. The Morgan fingerprint density at radius 3 is 1.21 bits per heavy atom. The standard InChI is InChI=1S/C38H40N2O2/c1-29(2)37(27-39-33-13-7-5-8-14-33)31-17-21-35(22-18-31)41-25-11-12-26-42-36-23-19-32(20-24-36)38(30(3)4)28-40-34-15-9-6-10-16-34/h5-10,13-24,29-30H,11-12,25-26H2,1-4H3. The van der Waals surface area contributed by atoms with Crippen LogP contribution >= 0.6 is 0 Å². The minimum atomic E-state index is 0.308. The zero-order valence-corrected chi connectivity index (χ0v) is 25.1. The fourth-order valence-electron chi connectivity index (χ4n) is 4.35. The van der Waals surface area contributed by atoms with Gasteiger partial charge in [0.25, 0.3) is 0 Å². The highest BCUT2D eigenvalue weighted by molar-refractivity contribution is 5.92. The van der Waals surface area contributed by atoms with Crippen molar-refractivity contribution in [3.8, 4) is 11.5 Å². The number of rotatable bonds is 13. The van der Waals surface area contributed by atoms with E-state index in [0.29, 0.717) is 25.0 Å². The minimum absolute atomic E-state index is 0.308. The van der Waals surface area contributed by atoms with Crippen molar-refractivity contribution in [3.63, 3.8) is 0 Å². The lowest BCUT2D eigenvalue weighted by Gasteiger charge is -2.11. The summed E-state index contributed by atoms with van der Waals surface area (Å²) in [4.78, 5) is 9.05. The van der Waals surface area contributed by atoms with Gasteiger partial charge in [-0.2, -0.15) is 0 Å². The molecular weight excluding hydrogens is 516 g/mol. The van der Waals surface area contributed by atoms with E-state index in [4.69, 9.17) is 9.47 Å². The molecule has 0 heterocycles. The molecular formula is C38H40N2O2. The van der Waals surface area contributed by atoms with E-state index < -0.39 is 0 Å². The summed E-state index contributed by atoms with van der Waals surface area (Å²) >= 11 is 0. The molecule has 0 atom stereocenters. The van der Waals surface area contributed by atoms with Crippen LogP contribution in [0.5, 0.6) is 11.5 Å². The Kier molecular flexibility index (Phi) is 11.5. The Labute approximate surface area is 250 Å². The second-order valence-electron chi connectivity index (χ2n) is 10.7. The predicted octanol–water partition coefficient (Wildman–Crippen LogP) is 10.0. The molecule has 0 aliphatic rings. The van der Waals surface area contributed by atoms with E-state index in [-0.39, 0.29) is 0 Å². The summed E-state index contributed by atoms with van der Waals surface area (Å²) in [7, 11) is 0. The molecule has 4 heteroatoms. The molecule has 0 aromatic heterocycles. The summed E-state index contributed by atoms with van der Waals surface area (Å²) in [5.74, 6) is 8.85. The van der Waals surface area contributed by atoms with Gasteiger partial charge in [-0.05, 0) is 96.1 Å². The van der Waals surface area contributed by atoms with Gasteiger partial charge < -0.3 is 9.47 Å². The highest BCUT2D eigenvalue weighted by Gasteiger charge is 2.08. The number of ether oxygens (including phenoxy) is 2. The number of allylic oxidation sites excluding steroid dienone is 2. The Morgan fingerprint density at radius 2 is 0.881 bits per heavy atom. The maximum absolute atomic E-state index is 5.97. The third-order valence-corrected chi connectivity index (χ3v) is 6.68. The van der Waals surface area contributed by atoms with Crippen molar-refractivity contribution in [1.29, 1.82) is 0 Å². The van der Waals surface area contributed by atoms with E-state index in [1.54, 1.807) is 0 Å². The molecule has 0 fully saturated rings. The fraction of sp³-hybridized carbons (Fsp3) is 0.263. The van der Waals surface area contributed by atoms with Crippen LogP contribution < -0.4 is 9.47 Å². The highest BCUT2D eigenvalue weighted by Crippen LogP contribution is 2.25. The summed E-state index contributed by atoms with van der Waals surface area (Å²) in [6.07, 6.45) is 1.83. The first-order valence-corrected chi connectivity index (χ1v) is 14.7. The van der Waals surface area contributed by atoms with Crippen molar-refractivity contribution >= 4 is 34.3 Å². The van der Waals surface area contributed by atoms with Crippen LogP contribution in [0.15, 0.2) is 119 Å². The third-order valence-electron chi connectivity index (χ3n) is 6.68. The number of unbranched alkanes of at least 4 members (excludes halogenated alkanes) is 1. The molecule has 0 saturated heterocycles. The molecule has 0 aliphatic carbocycles. The predicted molar refractivity (Wildman–Crippen MR) is 177 cm³/mol. The Hall–Kier alpha value is -4.62. The SMILES string of the molecule is CC(C)C(=C=Nc1ccccc1)c1ccc(OCCCCOc2ccc(C(=C=Nc3ccccc3)C(C)C)cc2)cc1. The molecule has 4 aromatic carbocycles. The van der Waals surface area contributed by atoms with E-state index >= 15 is 0 Å². The van der Waals surface area contributed by atoms with Crippen LogP contribution in [0.4, 0.5) is 11.4 Å². The van der Waals surface area contributed by atoms with Gasteiger partial charge >= 0.3 is 0 Å². The number of aliphatic imine (C=N–C) groups is 2. The lowest BCUT2D eigenvalue weighted by Crippen LogP contribution is -2.03. The molecule has 0 amide bonds. The van der Waals surface area contributed by atoms with Gasteiger partial charge in [0.05, 0.1) is 24.6 Å². The topological polar surface area (TPSA) is 43.2 Å². The molecule has 4 aromatic rings. The summed E-state index contributed by atoms with van der Waals surface area (Å²) in [6.45, 7) is 9.93. The van der Waals surface area contributed by atoms with Crippen molar-refractivity contribution in [3.05, 3.63) is 120 Å². The maximum Gasteiger partial charge on any atom is 0.119 e. The Morgan fingerprint density at radius 1 is 0.524 bits per heavy atom. The van der Waals surface area contributed by atoms with Crippen LogP contribution in [-0.2, 0) is 0 Å². The average Bonchev–Trinajstić information content (AvgIpc) is 3.01. The molecule has 4 nitrogen and oxygen atoms in total. The molecule has 0 radical (unpaired) electrons. The monoisotopic (exact) mass is 556 g/mol. The first-order chi connectivity index (χ1) is 20.5. The molecule has 0 aliphatic heterocycles. The number of hydrogen-bond donors (Lipinski definition) is 0. The number of para-hydroxylation sites is 2. The van der Waals surface area contributed by atoms with Crippen LogP contribution in [0.25, 0.3) is 11.1 Å². The van der Waals surface area contributed by atoms with Gasteiger partial charge in [-0.25, -0.2) is 9.98 Å². The van der Waals surface area contributed by atoms with Crippen molar-refractivity contribution in [1.82, 2.24) is 0 Å². The van der Waals surface area contributed by atoms with Crippen LogP contribution in [0, 0.1) is 11.8 Å². The number of benzene rings is 4. The van der Waals surface area contributed by atoms with Crippen molar-refractivity contribution in [2.75, 3.05) is 13.2 Å². The molecule has 0 spiro atoms. The second kappa shape index (κ2) is 16.0. The first-order valence-electron chi connectivity index (χ1n) is 14.7. The van der Waals surface area contributed by atoms with Crippen molar-refractivity contribution in [2.45, 2.75) is 40.5 Å². The van der Waals surface area contributed by atoms with Crippen LogP contribution in [0.1, 0.15) is 51.7 Å². The molecule has 42 heavy (non-hydrogen) atoms. The summed E-state index contributed by atoms with van der Waals surface area (Å²) in [5.41, 5.74) is 6.17. The third kappa shape index (κ3) is 9.49.